The number of hydrogen-bond acceptors (Lipinski definition) is 3. The molecule has 2 rings (SSSR count). The number of Topliss-reactive ketones (excluding diaryl/α,β-unsaturated/α-hetero) is 1. The molecule has 0 aliphatic rings. The second-order valence-corrected chi connectivity index (χ2v) is 4.57. The second-order valence-electron chi connectivity index (χ2n) is 3.72. The Morgan fingerprint density at radius 3 is 2.53 bits per heavy atom. The molecule has 0 saturated heterocycles. The highest BCUT2D eigenvalue weighted by atomic mass is 35.5. The summed E-state index contributed by atoms with van der Waals surface area (Å²) >= 11 is 11.7. The number of anilines is 1. The van der Waals surface area contributed by atoms with Crippen LogP contribution in [-0.4, -0.2) is 12.0 Å². The molecule has 0 heterocycles. The van der Waals surface area contributed by atoms with Crippen LogP contribution in [0.2, 0.25) is 10.0 Å². The Morgan fingerprint density at radius 1 is 1.11 bits per heavy atom. The highest BCUT2D eigenvalue weighted by Gasteiger charge is 2.02. The maximum absolute atomic E-state index is 11.7. The Kier molecular flexibility index (Phi) is 4.55. The molecule has 0 aliphatic carbocycles. The van der Waals surface area contributed by atoms with Crippen LogP contribution >= 0.6 is 23.2 Å². The normalized spacial score (nSPS) is 10.6. The van der Waals surface area contributed by atoms with Crippen LogP contribution < -0.4 is 5.43 Å². The van der Waals surface area contributed by atoms with Crippen LogP contribution in [0.5, 0.6) is 0 Å². The summed E-state index contributed by atoms with van der Waals surface area (Å²) in [5, 5.41) is 4.84. The standard InChI is InChI=1S/C14H10Cl2N2O/c15-11-6-7-13(12(16)8-11)18-17-9-14(19)10-4-2-1-3-5-10/h1-9,18H. The predicted octanol–water partition coefficient (Wildman–Crippen LogP) is 4.27. The molecular weight excluding hydrogens is 283 g/mol. The average Bonchev–Trinajstić information content (AvgIpc) is 2.42. The number of ketones is 1. The number of carbonyl (C=O) groups excluding carboxylic acids is 1. The summed E-state index contributed by atoms with van der Waals surface area (Å²) in [5.74, 6) is -0.182. The molecule has 19 heavy (non-hydrogen) atoms. The minimum absolute atomic E-state index is 0.182. The molecule has 0 aliphatic heterocycles. The maximum Gasteiger partial charge on any atom is 0.205 e. The van der Waals surface area contributed by atoms with Gasteiger partial charge >= 0.3 is 0 Å². The van der Waals surface area contributed by atoms with Gasteiger partial charge in [0.1, 0.15) is 0 Å². The second kappa shape index (κ2) is 6.36. The van der Waals surface area contributed by atoms with Crippen molar-refractivity contribution >= 4 is 40.9 Å². The van der Waals surface area contributed by atoms with Gasteiger partial charge in [0.15, 0.2) is 0 Å². The molecule has 2 aromatic carbocycles. The number of hydrazone groups is 1. The fourth-order valence-corrected chi connectivity index (χ4v) is 1.87. The number of nitrogens with zero attached hydrogens (tertiary/aromatic N) is 1. The fraction of sp³-hybridized carbons (Fsp3) is 0. The van der Waals surface area contributed by atoms with Gasteiger partial charge in [-0.05, 0) is 18.2 Å². The van der Waals surface area contributed by atoms with Crippen molar-refractivity contribution in [3.8, 4) is 0 Å². The number of nitrogens with one attached hydrogen (secondary N) is 1. The molecule has 0 bridgehead atoms. The summed E-state index contributed by atoms with van der Waals surface area (Å²) in [6.45, 7) is 0. The predicted molar refractivity (Wildman–Crippen MR) is 79.3 cm³/mol. The molecule has 2 aromatic rings. The SMILES string of the molecule is O=C(C=NNc1ccc(Cl)cc1Cl)c1ccccc1. The molecule has 0 saturated carbocycles. The number of benzene rings is 2. The maximum atomic E-state index is 11.7. The van der Waals surface area contributed by atoms with Gasteiger partial charge in [0, 0.05) is 10.6 Å². The van der Waals surface area contributed by atoms with E-state index in [9.17, 15) is 4.79 Å². The summed E-state index contributed by atoms with van der Waals surface area (Å²) in [7, 11) is 0. The fourth-order valence-electron chi connectivity index (χ4n) is 1.42. The quantitative estimate of drug-likeness (QED) is 0.519. The van der Waals surface area contributed by atoms with E-state index in [2.05, 4.69) is 10.5 Å². The van der Waals surface area contributed by atoms with Crippen molar-refractivity contribution in [3.05, 3.63) is 64.1 Å². The lowest BCUT2D eigenvalue weighted by Crippen LogP contribution is -2.02. The lowest BCUT2D eigenvalue weighted by Gasteiger charge is -2.02. The van der Waals surface area contributed by atoms with E-state index in [1.54, 1.807) is 42.5 Å². The van der Waals surface area contributed by atoms with E-state index in [1.165, 1.54) is 6.21 Å². The van der Waals surface area contributed by atoms with Crippen molar-refractivity contribution < 1.29 is 4.79 Å². The van der Waals surface area contributed by atoms with Crippen molar-refractivity contribution in [2.45, 2.75) is 0 Å². The molecule has 0 unspecified atom stereocenters. The third-order valence-corrected chi connectivity index (χ3v) is 2.90. The van der Waals surface area contributed by atoms with Gasteiger partial charge in [-0.25, -0.2) is 0 Å². The molecule has 0 radical (unpaired) electrons. The molecule has 0 amide bonds. The highest BCUT2D eigenvalue weighted by molar-refractivity contribution is 6.37. The van der Waals surface area contributed by atoms with E-state index in [0.717, 1.165) is 0 Å². The summed E-state index contributed by atoms with van der Waals surface area (Å²) in [6.07, 6.45) is 1.21. The van der Waals surface area contributed by atoms with Crippen molar-refractivity contribution in [2.75, 3.05) is 5.43 Å². The zero-order valence-corrected chi connectivity index (χ0v) is 11.3. The van der Waals surface area contributed by atoms with Gasteiger partial charge in [-0.3, -0.25) is 10.2 Å². The number of halogens is 2. The van der Waals surface area contributed by atoms with E-state index < -0.39 is 0 Å². The van der Waals surface area contributed by atoms with Gasteiger partial charge < -0.3 is 0 Å². The van der Waals surface area contributed by atoms with Gasteiger partial charge in [0.05, 0.1) is 16.9 Å². The number of carbonyl (C=O) groups is 1. The molecular formula is C14H10Cl2N2O. The number of hydrogen-bond donors (Lipinski definition) is 1. The third-order valence-electron chi connectivity index (χ3n) is 2.36. The van der Waals surface area contributed by atoms with Crippen molar-refractivity contribution in [3.63, 3.8) is 0 Å². The molecule has 3 nitrogen and oxygen atoms in total. The Morgan fingerprint density at radius 2 is 1.84 bits per heavy atom. The monoisotopic (exact) mass is 292 g/mol. The minimum Gasteiger partial charge on any atom is -0.287 e. The first kappa shape index (κ1) is 13.6. The van der Waals surface area contributed by atoms with Crippen molar-refractivity contribution in [2.24, 2.45) is 5.10 Å². The molecule has 96 valence electrons. The van der Waals surface area contributed by atoms with Crippen LogP contribution in [0, 0.1) is 0 Å². The Labute approximate surface area is 120 Å². The lowest BCUT2D eigenvalue weighted by molar-refractivity contribution is 0.107. The van der Waals surface area contributed by atoms with Gasteiger partial charge in [-0.2, -0.15) is 5.10 Å². The topological polar surface area (TPSA) is 41.5 Å². The molecule has 5 heteroatoms. The molecule has 0 aromatic heterocycles. The van der Waals surface area contributed by atoms with Crippen LogP contribution in [0.4, 0.5) is 5.69 Å². The van der Waals surface area contributed by atoms with Gasteiger partial charge in [0.25, 0.3) is 0 Å². The summed E-state index contributed by atoms with van der Waals surface area (Å²) in [6, 6.07) is 13.9. The molecule has 0 spiro atoms. The summed E-state index contributed by atoms with van der Waals surface area (Å²) in [5.41, 5.74) is 3.86. The van der Waals surface area contributed by atoms with E-state index in [0.29, 0.717) is 21.3 Å². The molecule has 0 fully saturated rings. The van der Waals surface area contributed by atoms with Crippen LogP contribution in [0.3, 0.4) is 0 Å². The zero-order valence-electron chi connectivity index (χ0n) is 9.81. The highest BCUT2D eigenvalue weighted by Crippen LogP contribution is 2.25. The Balaban J connectivity index is 2.02. The zero-order chi connectivity index (χ0) is 13.7. The average molecular weight is 293 g/mol. The lowest BCUT2D eigenvalue weighted by atomic mass is 10.1. The van der Waals surface area contributed by atoms with E-state index >= 15 is 0 Å². The smallest absolute Gasteiger partial charge is 0.205 e. The molecule has 1 N–H and O–H groups in total. The van der Waals surface area contributed by atoms with Crippen molar-refractivity contribution in [1.82, 2.24) is 0 Å². The van der Waals surface area contributed by atoms with Crippen LogP contribution in [0.15, 0.2) is 53.6 Å². The van der Waals surface area contributed by atoms with Crippen LogP contribution in [0.25, 0.3) is 0 Å². The first-order valence-electron chi connectivity index (χ1n) is 5.50. The minimum atomic E-state index is -0.182. The van der Waals surface area contributed by atoms with Gasteiger partial charge in [0.2, 0.25) is 5.78 Å². The first-order chi connectivity index (χ1) is 9.16. The summed E-state index contributed by atoms with van der Waals surface area (Å²) < 4.78 is 0. The van der Waals surface area contributed by atoms with Crippen LogP contribution in [0.1, 0.15) is 10.4 Å². The Bertz CT molecular complexity index is 612. The first-order valence-corrected chi connectivity index (χ1v) is 6.26. The van der Waals surface area contributed by atoms with Crippen LogP contribution in [-0.2, 0) is 0 Å². The van der Waals surface area contributed by atoms with E-state index in [4.69, 9.17) is 23.2 Å². The van der Waals surface area contributed by atoms with Gasteiger partial charge in [-0.1, -0.05) is 53.5 Å². The molecule has 0 atom stereocenters. The van der Waals surface area contributed by atoms with E-state index in [1.807, 2.05) is 6.07 Å². The Hall–Kier alpha value is -1.84. The van der Waals surface area contributed by atoms with Gasteiger partial charge in [-0.15, -0.1) is 0 Å². The number of rotatable bonds is 4. The largest absolute Gasteiger partial charge is 0.287 e. The summed E-state index contributed by atoms with van der Waals surface area (Å²) in [4.78, 5) is 11.7. The third kappa shape index (κ3) is 3.81. The van der Waals surface area contributed by atoms with Crippen molar-refractivity contribution in [1.29, 1.82) is 0 Å². The van der Waals surface area contributed by atoms with E-state index in [-0.39, 0.29) is 5.78 Å².